The number of nitrogens with one attached hydrogen (secondary N) is 1. The molecule has 1 atom stereocenters. The lowest BCUT2D eigenvalue weighted by Crippen LogP contribution is -2.38. The van der Waals surface area contributed by atoms with Gasteiger partial charge in [0.15, 0.2) is 5.76 Å². The van der Waals surface area contributed by atoms with Crippen LogP contribution in [0.1, 0.15) is 17.0 Å². The molecule has 1 aromatic heterocycles. The van der Waals surface area contributed by atoms with Crippen molar-refractivity contribution in [1.29, 1.82) is 0 Å². The highest BCUT2D eigenvalue weighted by Gasteiger charge is 2.26. The van der Waals surface area contributed by atoms with Crippen molar-refractivity contribution in [3.63, 3.8) is 0 Å². The van der Waals surface area contributed by atoms with Crippen molar-refractivity contribution < 1.29 is 9.21 Å². The molecule has 4 nitrogen and oxygen atoms in total. The monoisotopic (exact) mass is 322 g/mol. The summed E-state index contributed by atoms with van der Waals surface area (Å²) in [7, 11) is 1.84. The van der Waals surface area contributed by atoms with E-state index in [1.165, 1.54) is 0 Å². The molecule has 3 rings (SSSR count). The lowest BCUT2D eigenvalue weighted by molar-refractivity contribution is 0.0714. The number of nitrogens with zero attached hydrogens (tertiary/aromatic N) is 1. The van der Waals surface area contributed by atoms with Gasteiger partial charge in [0.25, 0.3) is 5.91 Å². The smallest absolute Gasteiger partial charge is 0.289 e. The highest BCUT2D eigenvalue weighted by molar-refractivity contribution is 9.10. The molecular formula is C14H15BrN2O2. The third kappa shape index (κ3) is 2.40. The van der Waals surface area contributed by atoms with Crippen molar-refractivity contribution in [3.05, 3.63) is 34.5 Å². The molecule has 0 aliphatic carbocycles. The zero-order chi connectivity index (χ0) is 13.4. The van der Waals surface area contributed by atoms with E-state index in [1.54, 1.807) is 11.0 Å². The molecule has 2 aromatic rings. The Hall–Kier alpha value is -1.33. The Morgan fingerprint density at radius 1 is 1.47 bits per heavy atom. The number of hydrogen-bond donors (Lipinski definition) is 1. The van der Waals surface area contributed by atoms with Gasteiger partial charge in [-0.3, -0.25) is 4.79 Å². The second-order valence-electron chi connectivity index (χ2n) is 4.86. The van der Waals surface area contributed by atoms with E-state index in [0.29, 0.717) is 5.76 Å². The fraction of sp³-hybridized carbons (Fsp3) is 0.357. The van der Waals surface area contributed by atoms with Crippen LogP contribution >= 0.6 is 15.9 Å². The molecule has 1 amide bonds. The van der Waals surface area contributed by atoms with Crippen LogP contribution in [-0.2, 0) is 0 Å². The van der Waals surface area contributed by atoms with Gasteiger partial charge in [-0.05, 0) is 37.2 Å². The molecule has 5 heteroatoms. The van der Waals surface area contributed by atoms with Gasteiger partial charge >= 0.3 is 0 Å². The number of fused-ring (bicyclic) bond motifs is 1. The molecule has 1 unspecified atom stereocenters. The Kier molecular flexibility index (Phi) is 3.33. The second-order valence-corrected chi connectivity index (χ2v) is 5.77. The first-order chi connectivity index (χ1) is 9.15. The molecule has 1 fully saturated rings. The van der Waals surface area contributed by atoms with Gasteiger partial charge < -0.3 is 14.6 Å². The van der Waals surface area contributed by atoms with Crippen molar-refractivity contribution in [3.8, 4) is 0 Å². The summed E-state index contributed by atoms with van der Waals surface area (Å²) in [6.45, 7) is 1.82. The van der Waals surface area contributed by atoms with E-state index in [1.807, 2.05) is 25.2 Å². The normalized spacial score (nSPS) is 18.9. The van der Waals surface area contributed by atoms with Crippen LogP contribution < -0.4 is 5.32 Å². The minimum atomic E-state index is -0.0546. The van der Waals surface area contributed by atoms with Crippen LogP contribution in [0, 0.1) is 0 Å². The Labute approximate surface area is 119 Å². The van der Waals surface area contributed by atoms with Crippen LogP contribution in [0.25, 0.3) is 11.0 Å². The summed E-state index contributed by atoms with van der Waals surface area (Å²) in [4.78, 5) is 14.1. The molecule has 0 saturated carbocycles. The predicted octanol–water partition coefficient (Wildman–Crippen LogP) is 2.63. The van der Waals surface area contributed by atoms with Crippen molar-refractivity contribution in [1.82, 2.24) is 10.2 Å². The number of likely N-dealkylation sites (N-methyl/N-ethyl adjacent to an activating group) is 1. The number of rotatable bonds is 2. The van der Waals surface area contributed by atoms with Gasteiger partial charge in [-0.25, -0.2) is 0 Å². The molecule has 2 heterocycles. The van der Waals surface area contributed by atoms with E-state index >= 15 is 0 Å². The zero-order valence-corrected chi connectivity index (χ0v) is 12.2. The van der Waals surface area contributed by atoms with E-state index in [2.05, 4.69) is 21.2 Å². The minimum Gasteiger partial charge on any atom is -0.451 e. The number of benzene rings is 1. The molecule has 1 N–H and O–H groups in total. The fourth-order valence-electron chi connectivity index (χ4n) is 2.43. The maximum absolute atomic E-state index is 12.4. The third-order valence-electron chi connectivity index (χ3n) is 3.59. The van der Waals surface area contributed by atoms with Crippen LogP contribution in [0.5, 0.6) is 0 Å². The molecule has 1 aromatic carbocycles. The first-order valence-electron chi connectivity index (χ1n) is 6.32. The highest BCUT2D eigenvalue weighted by Crippen LogP contribution is 2.24. The first kappa shape index (κ1) is 12.7. The van der Waals surface area contributed by atoms with E-state index in [9.17, 15) is 4.79 Å². The molecule has 1 aliphatic rings. The maximum Gasteiger partial charge on any atom is 0.289 e. The molecule has 19 heavy (non-hydrogen) atoms. The van der Waals surface area contributed by atoms with Gasteiger partial charge in [-0.15, -0.1) is 0 Å². The summed E-state index contributed by atoms with van der Waals surface area (Å²) < 4.78 is 6.61. The summed E-state index contributed by atoms with van der Waals surface area (Å²) in [5.74, 6) is 0.350. The quantitative estimate of drug-likeness (QED) is 0.924. The number of furan rings is 1. The summed E-state index contributed by atoms with van der Waals surface area (Å²) in [6, 6.07) is 7.79. The van der Waals surface area contributed by atoms with Crippen LogP contribution in [0.15, 0.2) is 33.2 Å². The molecule has 1 saturated heterocycles. The first-order valence-corrected chi connectivity index (χ1v) is 7.11. The number of carbonyl (C=O) groups is 1. The van der Waals surface area contributed by atoms with E-state index in [4.69, 9.17) is 4.42 Å². The SMILES string of the molecule is CN(C(=O)c1cc2cc(Br)ccc2o1)C1CCNC1. The third-order valence-corrected chi connectivity index (χ3v) is 4.08. The fourth-order valence-corrected chi connectivity index (χ4v) is 2.81. The lowest BCUT2D eigenvalue weighted by atomic mass is 10.2. The van der Waals surface area contributed by atoms with Gasteiger partial charge in [0.1, 0.15) is 5.58 Å². The summed E-state index contributed by atoms with van der Waals surface area (Å²) in [5, 5.41) is 4.20. The number of hydrogen-bond acceptors (Lipinski definition) is 3. The van der Waals surface area contributed by atoms with Crippen LogP contribution in [-0.4, -0.2) is 37.0 Å². The van der Waals surface area contributed by atoms with Crippen molar-refractivity contribution in [2.75, 3.05) is 20.1 Å². The Bertz CT molecular complexity index is 617. The minimum absolute atomic E-state index is 0.0546. The van der Waals surface area contributed by atoms with Gasteiger partial charge in [0.2, 0.25) is 0 Å². The van der Waals surface area contributed by atoms with Crippen molar-refractivity contribution in [2.24, 2.45) is 0 Å². The summed E-state index contributed by atoms with van der Waals surface area (Å²) in [6.07, 6.45) is 0.994. The number of carbonyl (C=O) groups excluding carboxylic acids is 1. The molecule has 100 valence electrons. The van der Waals surface area contributed by atoms with Gasteiger partial charge in [-0.2, -0.15) is 0 Å². The molecule has 0 spiro atoms. The topological polar surface area (TPSA) is 45.5 Å². The summed E-state index contributed by atoms with van der Waals surface area (Å²) in [5.41, 5.74) is 0.740. The van der Waals surface area contributed by atoms with Gasteiger partial charge in [0.05, 0.1) is 0 Å². The number of halogens is 1. The Balaban J connectivity index is 1.88. The predicted molar refractivity (Wildman–Crippen MR) is 77.3 cm³/mol. The standard InChI is InChI=1S/C14H15BrN2O2/c1-17(11-4-5-16-8-11)14(18)13-7-9-6-10(15)2-3-12(9)19-13/h2-3,6-7,11,16H,4-5,8H2,1H3. The van der Waals surface area contributed by atoms with Crippen molar-refractivity contribution >= 4 is 32.8 Å². The van der Waals surface area contributed by atoms with Gasteiger partial charge in [0, 0.05) is 29.5 Å². The largest absolute Gasteiger partial charge is 0.451 e. The van der Waals surface area contributed by atoms with Crippen LogP contribution in [0.3, 0.4) is 0 Å². The highest BCUT2D eigenvalue weighted by atomic mass is 79.9. The lowest BCUT2D eigenvalue weighted by Gasteiger charge is -2.22. The average molecular weight is 323 g/mol. The molecule has 1 aliphatic heterocycles. The van der Waals surface area contributed by atoms with Crippen LogP contribution in [0.4, 0.5) is 0 Å². The van der Waals surface area contributed by atoms with Crippen LogP contribution in [0.2, 0.25) is 0 Å². The van der Waals surface area contributed by atoms with Crippen molar-refractivity contribution in [2.45, 2.75) is 12.5 Å². The summed E-state index contributed by atoms with van der Waals surface area (Å²) >= 11 is 3.42. The van der Waals surface area contributed by atoms with E-state index < -0.39 is 0 Å². The van der Waals surface area contributed by atoms with Gasteiger partial charge in [-0.1, -0.05) is 15.9 Å². The average Bonchev–Trinajstić information content (AvgIpc) is 3.05. The second kappa shape index (κ2) is 4.98. The molecule has 0 radical (unpaired) electrons. The molecular weight excluding hydrogens is 308 g/mol. The molecule has 0 bridgehead atoms. The van der Waals surface area contributed by atoms with E-state index in [-0.39, 0.29) is 11.9 Å². The Morgan fingerprint density at radius 3 is 3.05 bits per heavy atom. The van der Waals surface area contributed by atoms with E-state index in [0.717, 1.165) is 35.0 Å². The number of amides is 1. The Morgan fingerprint density at radius 2 is 2.32 bits per heavy atom. The zero-order valence-electron chi connectivity index (χ0n) is 10.6. The maximum atomic E-state index is 12.4.